The van der Waals surface area contributed by atoms with Gasteiger partial charge in [-0.15, -0.1) is 11.3 Å². The number of nitrogens with one attached hydrogen (secondary N) is 1. The van der Waals surface area contributed by atoms with Gasteiger partial charge in [-0.2, -0.15) is 4.98 Å². The second-order valence-corrected chi connectivity index (χ2v) is 5.90. The van der Waals surface area contributed by atoms with Gasteiger partial charge in [0, 0.05) is 19.2 Å². The van der Waals surface area contributed by atoms with Gasteiger partial charge in [-0.3, -0.25) is 5.43 Å². The van der Waals surface area contributed by atoms with Crippen molar-refractivity contribution in [2.24, 2.45) is 5.84 Å². The minimum Gasteiger partial charge on any atom is -0.396 e. The summed E-state index contributed by atoms with van der Waals surface area (Å²) in [5.74, 6) is 6.85. The van der Waals surface area contributed by atoms with Crippen molar-refractivity contribution in [3.63, 3.8) is 0 Å². The fourth-order valence-corrected chi connectivity index (χ4v) is 3.61. The van der Waals surface area contributed by atoms with Gasteiger partial charge in [0.1, 0.15) is 10.6 Å². The molecule has 7 heteroatoms. The van der Waals surface area contributed by atoms with Gasteiger partial charge in [0.05, 0.1) is 5.39 Å². The zero-order valence-corrected chi connectivity index (χ0v) is 12.1. The van der Waals surface area contributed by atoms with Gasteiger partial charge < -0.3 is 10.0 Å². The van der Waals surface area contributed by atoms with Gasteiger partial charge in [0.15, 0.2) is 0 Å². The maximum absolute atomic E-state index is 9.27. The van der Waals surface area contributed by atoms with Crippen LogP contribution in [0.1, 0.15) is 25.7 Å². The van der Waals surface area contributed by atoms with E-state index in [-0.39, 0.29) is 6.61 Å². The molecule has 6 nitrogen and oxygen atoms in total. The van der Waals surface area contributed by atoms with Crippen LogP contribution in [0.15, 0.2) is 11.4 Å². The lowest BCUT2D eigenvalue weighted by molar-refractivity contribution is 0.262. The maximum Gasteiger partial charge on any atom is 0.240 e. The fourth-order valence-electron chi connectivity index (χ4n) is 2.85. The van der Waals surface area contributed by atoms with Gasteiger partial charge in [-0.05, 0) is 37.1 Å². The molecule has 4 N–H and O–H groups in total. The minimum absolute atomic E-state index is 0.209. The monoisotopic (exact) mass is 293 g/mol. The number of aliphatic hydroxyl groups is 1. The molecule has 1 fully saturated rings. The zero-order valence-electron chi connectivity index (χ0n) is 11.2. The average Bonchev–Trinajstić information content (AvgIpc) is 2.95. The first-order valence-electron chi connectivity index (χ1n) is 6.93. The Morgan fingerprint density at radius 2 is 2.35 bits per heavy atom. The number of rotatable bonds is 4. The van der Waals surface area contributed by atoms with Crippen molar-refractivity contribution >= 4 is 33.3 Å². The number of hydrogen-bond donors (Lipinski definition) is 3. The van der Waals surface area contributed by atoms with Crippen molar-refractivity contribution in [2.75, 3.05) is 23.5 Å². The molecule has 1 atom stereocenters. The van der Waals surface area contributed by atoms with Crippen molar-refractivity contribution in [3.05, 3.63) is 11.4 Å². The molecule has 1 aliphatic heterocycles. The van der Waals surface area contributed by atoms with E-state index in [1.54, 1.807) is 11.3 Å². The molecule has 0 aromatic carbocycles. The normalized spacial score (nSPS) is 19.5. The first-order valence-corrected chi connectivity index (χ1v) is 7.81. The number of hydrazine groups is 1. The molecule has 1 unspecified atom stereocenters. The van der Waals surface area contributed by atoms with Gasteiger partial charge >= 0.3 is 0 Å². The third-order valence-corrected chi connectivity index (χ3v) is 4.60. The Hall–Kier alpha value is -1.44. The molecular weight excluding hydrogens is 274 g/mol. The first kappa shape index (κ1) is 13.5. The summed E-state index contributed by atoms with van der Waals surface area (Å²) < 4.78 is 0. The zero-order chi connectivity index (χ0) is 13.9. The summed E-state index contributed by atoms with van der Waals surface area (Å²) >= 11 is 1.59. The van der Waals surface area contributed by atoms with Gasteiger partial charge in [0.25, 0.3) is 0 Å². The van der Waals surface area contributed by atoms with E-state index in [9.17, 15) is 5.11 Å². The van der Waals surface area contributed by atoms with Gasteiger partial charge in [-0.25, -0.2) is 10.8 Å². The molecule has 0 bridgehead atoms. The standard InChI is InChI=1S/C13H19N5OS/c14-17-13-15-11(10-5-8-20-12(10)16-13)18-6-2-1-3-9(18)4-7-19/h5,8-9,19H,1-4,6-7,14H2,(H,15,16,17). The van der Waals surface area contributed by atoms with E-state index in [0.717, 1.165) is 41.8 Å². The highest BCUT2D eigenvalue weighted by Crippen LogP contribution is 2.33. The lowest BCUT2D eigenvalue weighted by Gasteiger charge is -2.36. The molecule has 3 rings (SSSR count). The number of nitrogens with two attached hydrogens (primary N) is 1. The number of piperidine rings is 1. The molecular formula is C13H19N5OS. The van der Waals surface area contributed by atoms with E-state index in [1.165, 1.54) is 6.42 Å². The SMILES string of the molecule is NNc1nc(N2CCCCC2CCO)c2ccsc2n1. The third-order valence-electron chi connectivity index (χ3n) is 3.80. The summed E-state index contributed by atoms with van der Waals surface area (Å²) in [5, 5.41) is 12.4. The van der Waals surface area contributed by atoms with E-state index < -0.39 is 0 Å². The Morgan fingerprint density at radius 3 is 3.15 bits per heavy atom. The highest BCUT2D eigenvalue weighted by atomic mass is 32.1. The summed E-state index contributed by atoms with van der Waals surface area (Å²) in [6, 6.07) is 2.40. The van der Waals surface area contributed by atoms with E-state index in [1.807, 2.05) is 5.38 Å². The Labute approximate surface area is 121 Å². The number of hydrogen-bond acceptors (Lipinski definition) is 7. The minimum atomic E-state index is 0.209. The second-order valence-electron chi connectivity index (χ2n) is 5.01. The van der Waals surface area contributed by atoms with Crippen molar-refractivity contribution in [3.8, 4) is 0 Å². The lowest BCUT2D eigenvalue weighted by atomic mass is 9.99. The molecule has 2 aromatic rings. The van der Waals surface area contributed by atoms with E-state index in [2.05, 4.69) is 26.4 Å². The topological polar surface area (TPSA) is 87.3 Å². The second kappa shape index (κ2) is 5.90. The number of nitrogens with zero attached hydrogens (tertiary/aromatic N) is 3. The lowest BCUT2D eigenvalue weighted by Crippen LogP contribution is -2.41. The molecule has 2 aromatic heterocycles. The summed E-state index contributed by atoms with van der Waals surface area (Å²) in [4.78, 5) is 12.2. The Morgan fingerprint density at radius 1 is 1.45 bits per heavy atom. The van der Waals surface area contributed by atoms with Crippen LogP contribution in [0.2, 0.25) is 0 Å². The summed E-state index contributed by atoms with van der Waals surface area (Å²) in [6.07, 6.45) is 4.24. The largest absolute Gasteiger partial charge is 0.396 e. The molecule has 0 spiro atoms. The number of fused-ring (bicyclic) bond motifs is 1. The Kier molecular flexibility index (Phi) is 4.00. The quantitative estimate of drug-likeness (QED) is 0.588. The molecule has 0 radical (unpaired) electrons. The van der Waals surface area contributed by atoms with E-state index in [4.69, 9.17) is 5.84 Å². The number of aliphatic hydroxyl groups excluding tert-OH is 1. The molecule has 3 heterocycles. The molecule has 108 valence electrons. The summed E-state index contributed by atoms with van der Waals surface area (Å²) in [6.45, 7) is 1.18. The van der Waals surface area contributed by atoms with Gasteiger partial charge in [-0.1, -0.05) is 0 Å². The molecule has 1 aliphatic rings. The molecule has 0 saturated carbocycles. The van der Waals surface area contributed by atoms with Crippen LogP contribution in [-0.2, 0) is 0 Å². The molecule has 0 aliphatic carbocycles. The number of aromatic nitrogens is 2. The van der Waals surface area contributed by atoms with Crippen molar-refractivity contribution in [2.45, 2.75) is 31.7 Å². The van der Waals surface area contributed by atoms with Crippen molar-refractivity contribution in [1.29, 1.82) is 0 Å². The maximum atomic E-state index is 9.27. The molecule has 20 heavy (non-hydrogen) atoms. The van der Waals surface area contributed by atoms with Gasteiger partial charge in [0.2, 0.25) is 5.95 Å². The fraction of sp³-hybridized carbons (Fsp3) is 0.538. The van der Waals surface area contributed by atoms with Crippen LogP contribution in [0, 0.1) is 0 Å². The summed E-state index contributed by atoms with van der Waals surface area (Å²) in [5.41, 5.74) is 2.54. The number of thiophene rings is 1. The van der Waals surface area contributed by atoms with Crippen LogP contribution in [-0.4, -0.2) is 34.3 Å². The highest BCUT2D eigenvalue weighted by Gasteiger charge is 2.25. The first-order chi connectivity index (χ1) is 9.83. The average molecular weight is 293 g/mol. The van der Waals surface area contributed by atoms with Crippen LogP contribution in [0.25, 0.3) is 10.2 Å². The van der Waals surface area contributed by atoms with Crippen molar-refractivity contribution in [1.82, 2.24) is 9.97 Å². The molecule has 0 amide bonds. The highest BCUT2D eigenvalue weighted by molar-refractivity contribution is 7.16. The van der Waals surface area contributed by atoms with E-state index in [0.29, 0.717) is 12.0 Å². The van der Waals surface area contributed by atoms with Crippen LogP contribution in [0.3, 0.4) is 0 Å². The summed E-state index contributed by atoms with van der Waals surface area (Å²) in [7, 11) is 0. The number of anilines is 2. The number of nitrogen functional groups attached to an aromatic ring is 1. The van der Waals surface area contributed by atoms with E-state index >= 15 is 0 Å². The smallest absolute Gasteiger partial charge is 0.240 e. The van der Waals surface area contributed by atoms with Crippen LogP contribution >= 0.6 is 11.3 Å². The van der Waals surface area contributed by atoms with Crippen LogP contribution in [0.5, 0.6) is 0 Å². The predicted molar refractivity (Wildman–Crippen MR) is 81.9 cm³/mol. The van der Waals surface area contributed by atoms with Crippen molar-refractivity contribution < 1.29 is 5.11 Å². The Bertz CT molecular complexity index is 585. The third kappa shape index (κ3) is 2.44. The van der Waals surface area contributed by atoms with Crippen LogP contribution in [0.4, 0.5) is 11.8 Å². The Balaban J connectivity index is 2.04. The predicted octanol–water partition coefficient (Wildman–Crippen LogP) is 1.72. The van der Waals surface area contributed by atoms with Crippen LogP contribution < -0.4 is 16.2 Å². The molecule has 1 saturated heterocycles.